The third-order valence-corrected chi connectivity index (χ3v) is 3.19. The molecular weight excluding hydrogens is 246 g/mol. The highest BCUT2D eigenvalue weighted by Gasteiger charge is 2.24. The van der Waals surface area contributed by atoms with Gasteiger partial charge in [0.25, 0.3) is 5.69 Å². The molecule has 0 radical (unpaired) electrons. The Kier molecular flexibility index (Phi) is 3.79. The number of hydrogen-bond donors (Lipinski definition) is 0. The fourth-order valence-electron chi connectivity index (χ4n) is 2.18. The second kappa shape index (κ2) is 5.51. The lowest BCUT2D eigenvalue weighted by Gasteiger charge is -2.35. The Balaban J connectivity index is 2.12. The van der Waals surface area contributed by atoms with E-state index in [2.05, 4.69) is 6.58 Å². The number of piperazine rings is 1. The third kappa shape index (κ3) is 2.73. The van der Waals surface area contributed by atoms with Crippen LogP contribution < -0.4 is 4.90 Å². The van der Waals surface area contributed by atoms with Gasteiger partial charge in [0.15, 0.2) is 0 Å². The zero-order chi connectivity index (χ0) is 13.8. The highest BCUT2D eigenvalue weighted by atomic mass is 16.6. The van der Waals surface area contributed by atoms with Crippen molar-refractivity contribution >= 4 is 17.3 Å². The molecule has 0 N–H and O–H groups in total. The van der Waals surface area contributed by atoms with E-state index in [9.17, 15) is 14.9 Å². The van der Waals surface area contributed by atoms with Crippen LogP contribution in [-0.2, 0) is 4.79 Å². The number of nitrogens with zero attached hydrogens (tertiary/aromatic N) is 3. The van der Waals surface area contributed by atoms with Crippen molar-refractivity contribution in [2.75, 3.05) is 31.1 Å². The van der Waals surface area contributed by atoms with Crippen LogP contribution in [0.5, 0.6) is 0 Å². The fourth-order valence-corrected chi connectivity index (χ4v) is 2.18. The van der Waals surface area contributed by atoms with Gasteiger partial charge in [-0.15, -0.1) is 0 Å². The molecule has 1 aliphatic rings. The van der Waals surface area contributed by atoms with E-state index >= 15 is 0 Å². The van der Waals surface area contributed by atoms with Gasteiger partial charge in [-0.2, -0.15) is 0 Å². The average Bonchev–Trinajstić information content (AvgIpc) is 2.46. The van der Waals surface area contributed by atoms with Gasteiger partial charge in [0.05, 0.1) is 4.92 Å². The van der Waals surface area contributed by atoms with Crippen LogP contribution in [0.2, 0.25) is 0 Å². The molecule has 6 heteroatoms. The van der Waals surface area contributed by atoms with E-state index in [1.165, 1.54) is 12.1 Å². The Bertz CT molecular complexity index is 508. The van der Waals surface area contributed by atoms with Crippen molar-refractivity contribution in [2.45, 2.75) is 0 Å². The summed E-state index contributed by atoms with van der Waals surface area (Å²) in [5.74, 6) is -0.0952. The van der Waals surface area contributed by atoms with Crippen molar-refractivity contribution < 1.29 is 9.72 Å². The highest BCUT2D eigenvalue weighted by Crippen LogP contribution is 2.28. The van der Waals surface area contributed by atoms with Crippen molar-refractivity contribution in [2.24, 2.45) is 0 Å². The van der Waals surface area contributed by atoms with Crippen molar-refractivity contribution in [1.29, 1.82) is 0 Å². The molecule has 1 aromatic carbocycles. The van der Waals surface area contributed by atoms with E-state index in [1.54, 1.807) is 23.1 Å². The molecular formula is C13H15N3O3. The number of nitro groups is 1. The van der Waals surface area contributed by atoms with Crippen molar-refractivity contribution in [1.82, 2.24) is 4.90 Å². The molecule has 2 rings (SSSR count). The van der Waals surface area contributed by atoms with Crippen molar-refractivity contribution in [3.05, 3.63) is 47.0 Å². The van der Waals surface area contributed by atoms with Crippen LogP contribution in [0.4, 0.5) is 11.4 Å². The number of nitro benzene ring substituents is 1. The van der Waals surface area contributed by atoms with E-state index in [4.69, 9.17) is 0 Å². The SMILES string of the molecule is C=CC(=O)N1CCN(c2ccccc2[N+](=O)[O-])CC1. The van der Waals surface area contributed by atoms with Crippen LogP contribution >= 0.6 is 0 Å². The van der Waals surface area contributed by atoms with Crippen molar-refractivity contribution in [3.8, 4) is 0 Å². The molecule has 0 atom stereocenters. The standard InChI is InChI=1S/C13H15N3O3/c1-2-13(17)15-9-7-14(8-10-15)11-5-3-4-6-12(11)16(18)19/h2-6H,1,7-10H2. The summed E-state index contributed by atoms with van der Waals surface area (Å²) in [5.41, 5.74) is 0.712. The molecule has 1 heterocycles. The molecule has 1 aromatic rings. The summed E-state index contributed by atoms with van der Waals surface area (Å²) in [4.78, 5) is 25.7. The first-order valence-electron chi connectivity index (χ1n) is 6.03. The monoisotopic (exact) mass is 261 g/mol. The number of benzene rings is 1. The van der Waals surface area contributed by atoms with Gasteiger partial charge in [-0.3, -0.25) is 14.9 Å². The lowest BCUT2D eigenvalue weighted by molar-refractivity contribution is -0.384. The lowest BCUT2D eigenvalue weighted by atomic mass is 10.2. The summed E-state index contributed by atoms with van der Waals surface area (Å²) in [6, 6.07) is 6.67. The predicted octanol–water partition coefficient (Wildman–Crippen LogP) is 1.43. The number of hydrogen-bond acceptors (Lipinski definition) is 4. The number of amides is 1. The molecule has 0 aromatic heterocycles. The minimum atomic E-state index is -0.378. The Morgan fingerprint density at radius 1 is 1.26 bits per heavy atom. The first-order chi connectivity index (χ1) is 9.13. The third-order valence-electron chi connectivity index (χ3n) is 3.19. The molecule has 0 spiro atoms. The van der Waals surface area contributed by atoms with Crippen LogP contribution in [0, 0.1) is 10.1 Å². The minimum Gasteiger partial charge on any atom is -0.362 e. The van der Waals surface area contributed by atoms with E-state index in [0.717, 1.165) is 0 Å². The number of carbonyl (C=O) groups is 1. The second-order valence-electron chi connectivity index (χ2n) is 4.26. The van der Waals surface area contributed by atoms with Crippen LogP contribution in [0.15, 0.2) is 36.9 Å². The maximum absolute atomic E-state index is 11.5. The van der Waals surface area contributed by atoms with Gasteiger partial charge in [-0.1, -0.05) is 18.7 Å². The van der Waals surface area contributed by atoms with E-state index in [-0.39, 0.29) is 16.5 Å². The Morgan fingerprint density at radius 2 is 1.89 bits per heavy atom. The molecule has 6 nitrogen and oxygen atoms in total. The number of carbonyl (C=O) groups excluding carboxylic acids is 1. The largest absolute Gasteiger partial charge is 0.362 e. The molecule has 0 saturated carbocycles. The highest BCUT2D eigenvalue weighted by molar-refractivity contribution is 5.87. The van der Waals surface area contributed by atoms with Gasteiger partial charge >= 0.3 is 0 Å². The molecule has 1 fully saturated rings. The number of anilines is 1. The van der Waals surface area contributed by atoms with E-state index in [0.29, 0.717) is 31.9 Å². The Hall–Kier alpha value is -2.37. The van der Waals surface area contributed by atoms with Gasteiger partial charge in [0.2, 0.25) is 5.91 Å². The first-order valence-corrected chi connectivity index (χ1v) is 6.03. The summed E-state index contributed by atoms with van der Waals surface area (Å²) < 4.78 is 0. The molecule has 0 bridgehead atoms. The minimum absolute atomic E-state index is 0.0952. The van der Waals surface area contributed by atoms with Crippen molar-refractivity contribution in [3.63, 3.8) is 0 Å². The van der Waals surface area contributed by atoms with Gasteiger partial charge in [-0.05, 0) is 12.1 Å². The predicted molar refractivity (Wildman–Crippen MR) is 72.1 cm³/mol. The zero-order valence-corrected chi connectivity index (χ0v) is 10.5. The first kappa shape index (κ1) is 13.1. The summed E-state index contributed by atoms with van der Waals surface area (Å²) in [7, 11) is 0. The number of para-hydroxylation sites is 2. The van der Waals surface area contributed by atoms with Crippen LogP contribution in [-0.4, -0.2) is 41.9 Å². The Labute approximate surface area is 111 Å². The smallest absolute Gasteiger partial charge is 0.292 e. The van der Waals surface area contributed by atoms with Crippen LogP contribution in [0.3, 0.4) is 0 Å². The molecule has 1 aliphatic heterocycles. The fraction of sp³-hybridized carbons (Fsp3) is 0.308. The molecule has 100 valence electrons. The summed E-state index contributed by atoms with van der Waals surface area (Å²) in [6.07, 6.45) is 1.29. The molecule has 0 unspecified atom stereocenters. The summed E-state index contributed by atoms with van der Waals surface area (Å²) >= 11 is 0. The van der Waals surface area contributed by atoms with E-state index in [1.807, 2.05) is 4.90 Å². The van der Waals surface area contributed by atoms with Gasteiger partial charge in [0, 0.05) is 32.2 Å². The lowest BCUT2D eigenvalue weighted by Crippen LogP contribution is -2.48. The summed E-state index contributed by atoms with van der Waals surface area (Å²) in [6.45, 7) is 5.74. The quantitative estimate of drug-likeness (QED) is 0.469. The average molecular weight is 261 g/mol. The zero-order valence-electron chi connectivity index (χ0n) is 10.5. The molecule has 0 aliphatic carbocycles. The van der Waals surface area contributed by atoms with Crippen LogP contribution in [0.1, 0.15) is 0 Å². The summed E-state index contributed by atoms with van der Waals surface area (Å²) in [5, 5.41) is 11.0. The molecule has 19 heavy (non-hydrogen) atoms. The second-order valence-corrected chi connectivity index (χ2v) is 4.26. The Morgan fingerprint density at radius 3 is 2.47 bits per heavy atom. The molecule has 1 saturated heterocycles. The van der Waals surface area contributed by atoms with E-state index < -0.39 is 0 Å². The normalized spacial score (nSPS) is 15.2. The number of rotatable bonds is 3. The van der Waals surface area contributed by atoms with Gasteiger partial charge in [0.1, 0.15) is 5.69 Å². The van der Waals surface area contributed by atoms with Gasteiger partial charge < -0.3 is 9.80 Å². The molecule has 1 amide bonds. The topological polar surface area (TPSA) is 66.7 Å². The van der Waals surface area contributed by atoms with Gasteiger partial charge in [-0.25, -0.2) is 0 Å². The van der Waals surface area contributed by atoms with Crippen LogP contribution in [0.25, 0.3) is 0 Å². The maximum Gasteiger partial charge on any atom is 0.292 e. The maximum atomic E-state index is 11.5.